The van der Waals surface area contributed by atoms with E-state index in [1.165, 1.54) is 6.07 Å². The standard InChI is InChI=1S/C13H16N4O2/c1-17(2)10-5-3-9(4-6-10)8-15-13(18)11-7-12(14)19-16-11/h3-7H,8,14H2,1-2H3,(H,15,18). The van der Waals surface area contributed by atoms with Gasteiger partial charge in [0, 0.05) is 32.4 Å². The van der Waals surface area contributed by atoms with Crippen LogP contribution in [0.1, 0.15) is 16.1 Å². The van der Waals surface area contributed by atoms with Crippen LogP contribution in [0.4, 0.5) is 11.6 Å². The molecule has 19 heavy (non-hydrogen) atoms. The minimum absolute atomic E-state index is 0.125. The van der Waals surface area contributed by atoms with E-state index in [9.17, 15) is 4.79 Å². The molecule has 6 heteroatoms. The van der Waals surface area contributed by atoms with Crippen molar-refractivity contribution in [2.75, 3.05) is 24.7 Å². The average Bonchev–Trinajstić information content (AvgIpc) is 2.83. The SMILES string of the molecule is CN(C)c1ccc(CNC(=O)c2cc(N)on2)cc1. The van der Waals surface area contributed by atoms with Gasteiger partial charge >= 0.3 is 0 Å². The predicted molar refractivity (Wildman–Crippen MR) is 72.9 cm³/mol. The van der Waals surface area contributed by atoms with Crippen molar-refractivity contribution in [3.05, 3.63) is 41.6 Å². The van der Waals surface area contributed by atoms with E-state index in [0.717, 1.165) is 11.3 Å². The van der Waals surface area contributed by atoms with E-state index >= 15 is 0 Å². The maximum atomic E-state index is 11.7. The maximum Gasteiger partial charge on any atom is 0.273 e. The molecule has 1 heterocycles. The largest absolute Gasteiger partial charge is 0.378 e. The average molecular weight is 260 g/mol. The Balaban J connectivity index is 1.93. The fourth-order valence-corrected chi connectivity index (χ4v) is 1.58. The maximum absolute atomic E-state index is 11.7. The summed E-state index contributed by atoms with van der Waals surface area (Å²) in [5.74, 6) is -0.183. The molecule has 1 amide bonds. The zero-order valence-electron chi connectivity index (χ0n) is 10.9. The van der Waals surface area contributed by atoms with Crippen molar-refractivity contribution in [2.45, 2.75) is 6.54 Å². The molecule has 0 radical (unpaired) electrons. The van der Waals surface area contributed by atoms with E-state index in [2.05, 4.69) is 15.0 Å². The van der Waals surface area contributed by atoms with Gasteiger partial charge in [0.25, 0.3) is 5.91 Å². The number of hydrogen-bond donors (Lipinski definition) is 2. The summed E-state index contributed by atoms with van der Waals surface area (Å²) in [6, 6.07) is 9.31. The summed E-state index contributed by atoms with van der Waals surface area (Å²) in [4.78, 5) is 13.7. The number of nitrogens with zero attached hydrogens (tertiary/aromatic N) is 2. The Morgan fingerprint density at radius 1 is 1.37 bits per heavy atom. The molecule has 1 aromatic carbocycles. The van der Waals surface area contributed by atoms with Crippen molar-refractivity contribution in [3.63, 3.8) is 0 Å². The second-order valence-corrected chi connectivity index (χ2v) is 4.36. The third-order valence-corrected chi connectivity index (χ3v) is 2.67. The molecule has 0 aliphatic carbocycles. The lowest BCUT2D eigenvalue weighted by molar-refractivity contribution is 0.0942. The van der Waals surface area contributed by atoms with Gasteiger partial charge in [-0.15, -0.1) is 0 Å². The number of carbonyl (C=O) groups is 1. The highest BCUT2D eigenvalue weighted by atomic mass is 16.5. The highest BCUT2D eigenvalue weighted by Crippen LogP contribution is 2.12. The Morgan fingerprint density at radius 3 is 2.58 bits per heavy atom. The van der Waals surface area contributed by atoms with E-state index in [1.807, 2.05) is 43.3 Å². The van der Waals surface area contributed by atoms with E-state index in [-0.39, 0.29) is 17.5 Å². The Labute approximate surface area is 111 Å². The first-order chi connectivity index (χ1) is 9.06. The van der Waals surface area contributed by atoms with Crippen LogP contribution in [0.25, 0.3) is 0 Å². The summed E-state index contributed by atoms with van der Waals surface area (Å²) >= 11 is 0. The van der Waals surface area contributed by atoms with Crippen LogP contribution >= 0.6 is 0 Å². The highest BCUT2D eigenvalue weighted by molar-refractivity contribution is 5.92. The lowest BCUT2D eigenvalue weighted by Crippen LogP contribution is -2.23. The molecular weight excluding hydrogens is 244 g/mol. The summed E-state index contributed by atoms with van der Waals surface area (Å²) in [5, 5.41) is 6.29. The van der Waals surface area contributed by atoms with Crippen molar-refractivity contribution in [2.24, 2.45) is 0 Å². The van der Waals surface area contributed by atoms with Crippen LogP contribution in [0.2, 0.25) is 0 Å². The van der Waals surface area contributed by atoms with Crippen LogP contribution in [0, 0.1) is 0 Å². The smallest absolute Gasteiger partial charge is 0.273 e. The molecule has 0 aliphatic heterocycles. The van der Waals surface area contributed by atoms with Crippen LogP contribution in [-0.4, -0.2) is 25.2 Å². The number of carbonyl (C=O) groups excluding carboxylic acids is 1. The number of nitrogens with one attached hydrogen (secondary N) is 1. The van der Waals surface area contributed by atoms with Gasteiger partial charge in [-0.3, -0.25) is 4.79 Å². The van der Waals surface area contributed by atoms with Gasteiger partial charge in [0.2, 0.25) is 5.88 Å². The summed E-state index contributed by atoms with van der Waals surface area (Å²) in [6.45, 7) is 0.430. The Kier molecular flexibility index (Phi) is 3.70. The molecule has 3 N–H and O–H groups in total. The second-order valence-electron chi connectivity index (χ2n) is 4.36. The van der Waals surface area contributed by atoms with E-state index in [1.54, 1.807) is 0 Å². The van der Waals surface area contributed by atoms with Gasteiger partial charge in [-0.25, -0.2) is 0 Å². The van der Waals surface area contributed by atoms with Gasteiger partial charge in [-0.2, -0.15) is 0 Å². The third-order valence-electron chi connectivity index (χ3n) is 2.67. The third kappa shape index (κ3) is 3.25. The van der Waals surface area contributed by atoms with Crippen LogP contribution in [-0.2, 0) is 6.54 Å². The Bertz CT molecular complexity index is 560. The Hall–Kier alpha value is -2.50. The first-order valence-electron chi connectivity index (χ1n) is 5.83. The zero-order chi connectivity index (χ0) is 13.8. The lowest BCUT2D eigenvalue weighted by atomic mass is 10.2. The molecule has 0 aliphatic rings. The molecule has 1 aromatic heterocycles. The number of nitrogen functional groups attached to an aromatic ring is 1. The lowest BCUT2D eigenvalue weighted by Gasteiger charge is -2.12. The number of hydrogen-bond acceptors (Lipinski definition) is 5. The van der Waals surface area contributed by atoms with Gasteiger partial charge in [-0.05, 0) is 17.7 Å². The first-order valence-corrected chi connectivity index (χ1v) is 5.83. The zero-order valence-corrected chi connectivity index (χ0v) is 10.9. The predicted octanol–water partition coefficient (Wildman–Crippen LogP) is 1.25. The van der Waals surface area contributed by atoms with Crippen LogP contribution < -0.4 is 16.0 Å². The molecule has 0 fully saturated rings. The van der Waals surface area contributed by atoms with E-state index in [4.69, 9.17) is 5.73 Å². The van der Waals surface area contributed by atoms with Crippen LogP contribution in [0.5, 0.6) is 0 Å². The molecule has 0 spiro atoms. The quantitative estimate of drug-likeness (QED) is 0.864. The van der Waals surface area contributed by atoms with Crippen molar-refractivity contribution < 1.29 is 9.32 Å². The van der Waals surface area contributed by atoms with E-state index in [0.29, 0.717) is 6.54 Å². The van der Waals surface area contributed by atoms with Crippen LogP contribution in [0.15, 0.2) is 34.9 Å². The number of aromatic nitrogens is 1. The van der Waals surface area contributed by atoms with Gasteiger partial charge in [-0.1, -0.05) is 17.3 Å². The summed E-state index contributed by atoms with van der Waals surface area (Å²) in [5.41, 5.74) is 7.66. The van der Waals surface area contributed by atoms with Crippen LogP contribution in [0.3, 0.4) is 0 Å². The number of benzene rings is 1. The molecule has 100 valence electrons. The Morgan fingerprint density at radius 2 is 2.05 bits per heavy atom. The van der Waals surface area contributed by atoms with Gasteiger partial charge in [0.05, 0.1) is 0 Å². The van der Waals surface area contributed by atoms with Gasteiger partial charge in [0.1, 0.15) is 0 Å². The monoisotopic (exact) mass is 260 g/mol. The molecular formula is C13H16N4O2. The molecule has 2 aromatic rings. The molecule has 0 saturated heterocycles. The fourth-order valence-electron chi connectivity index (χ4n) is 1.58. The number of anilines is 2. The minimum Gasteiger partial charge on any atom is -0.378 e. The molecule has 6 nitrogen and oxygen atoms in total. The molecule has 0 unspecified atom stereocenters. The van der Waals surface area contributed by atoms with Crippen molar-refractivity contribution >= 4 is 17.5 Å². The van der Waals surface area contributed by atoms with E-state index < -0.39 is 0 Å². The molecule has 0 atom stereocenters. The summed E-state index contributed by atoms with van der Waals surface area (Å²) in [7, 11) is 3.96. The first kappa shape index (κ1) is 12.9. The fraction of sp³-hybridized carbons (Fsp3) is 0.231. The minimum atomic E-state index is -0.308. The van der Waals surface area contributed by atoms with Crippen molar-refractivity contribution in [1.82, 2.24) is 10.5 Å². The van der Waals surface area contributed by atoms with Crippen molar-refractivity contribution in [3.8, 4) is 0 Å². The summed E-state index contributed by atoms with van der Waals surface area (Å²) < 4.78 is 4.64. The van der Waals surface area contributed by atoms with Crippen molar-refractivity contribution in [1.29, 1.82) is 0 Å². The highest BCUT2D eigenvalue weighted by Gasteiger charge is 2.10. The molecule has 0 bridgehead atoms. The van der Waals surface area contributed by atoms with Gasteiger partial charge in [0.15, 0.2) is 5.69 Å². The number of nitrogens with two attached hydrogens (primary N) is 1. The molecule has 2 rings (SSSR count). The number of amides is 1. The normalized spacial score (nSPS) is 10.2. The van der Waals surface area contributed by atoms with Gasteiger partial charge < -0.3 is 20.5 Å². The molecule has 0 saturated carbocycles. The second kappa shape index (κ2) is 5.43. The number of rotatable bonds is 4. The summed E-state index contributed by atoms with van der Waals surface area (Å²) in [6.07, 6.45) is 0. The topological polar surface area (TPSA) is 84.4 Å².